The molecule has 0 fully saturated rings. The van der Waals surface area contributed by atoms with Gasteiger partial charge in [-0.3, -0.25) is 0 Å². The average molecular weight is 326 g/mol. The Kier molecular flexibility index (Phi) is 4.31. The summed E-state index contributed by atoms with van der Waals surface area (Å²) in [4.78, 5) is 8.41. The molecule has 1 N–H and O–H groups in total. The predicted molar refractivity (Wildman–Crippen MR) is 75.1 cm³/mol. The van der Waals surface area contributed by atoms with E-state index in [0.717, 1.165) is 12.2 Å². The van der Waals surface area contributed by atoms with Crippen molar-refractivity contribution in [1.82, 2.24) is 9.97 Å². The topological polar surface area (TPSA) is 47.0 Å². The first-order valence-corrected chi connectivity index (χ1v) is 6.60. The maximum absolute atomic E-state index is 13.4. The average Bonchev–Trinajstić information content (AvgIpc) is 2.33. The minimum Gasteiger partial charge on any atom is -0.439 e. The molecule has 1 aromatic heterocycles. The molecule has 2 rings (SSSR count). The predicted octanol–water partition coefficient (Wildman–Crippen LogP) is 3.91. The zero-order valence-corrected chi connectivity index (χ0v) is 12.2. The van der Waals surface area contributed by atoms with Crippen molar-refractivity contribution in [2.24, 2.45) is 0 Å². The van der Waals surface area contributed by atoms with E-state index < -0.39 is 0 Å². The fourth-order valence-corrected chi connectivity index (χ4v) is 1.74. The van der Waals surface area contributed by atoms with Gasteiger partial charge in [0, 0.05) is 24.4 Å². The van der Waals surface area contributed by atoms with Gasteiger partial charge in [-0.25, -0.2) is 9.37 Å². The molecule has 0 spiro atoms. The number of aryl methyl sites for hydroxylation is 1. The standard InChI is InChI=1S/C13H13BrFN3O/c1-3-16-13-17-8(2)6-12(18-13)19-9-4-5-10(14)11(15)7-9/h4-7H,3H2,1-2H3,(H,16,17,18). The van der Waals surface area contributed by atoms with Crippen molar-refractivity contribution >= 4 is 21.9 Å². The Morgan fingerprint density at radius 3 is 2.79 bits per heavy atom. The maximum Gasteiger partial charge on any atom is 0.226 e. The van der Waals surface area contributed by atoms with E-state index in [1.807, 2.05) is 13.8 Å². The quantitative estimate of drug-likeness (QED) is 0.925. The van der Waals surface area contributed by atoms with Gasteiger partial charge in [-0.2, -0.15) is 4.98 Å². The zero-order chi connectivity index (χ0) is 13.8. The largest absolute Gasteiger partial charge is 0.439 e. The highest BCUT2D eigenvalue weighted by Crippen LogP contribution is 2.25. The molecule has 0 aliphatic rings. The molecule has 0 aliphatic carbocycles. The summed E-state index contributed by atoms with van der Waals surface area (Å²) in [6.45, 7) is 4.52. The fourth-order valence-electron chi connectivity index (χ4n) is 1.49. The van der Waals surface area contributed by atoms with Gasteiger partial charge in [0.25, 0.3) is 0 Å². The number of hydrogen-bond acceptors (Lipinski definition) is 4. The Labute approximate surface area is 119 Å². The van der Waals surface area contributed by atoms with E-state index in [2.05, 4.69) is 31.2 Å². The van der Waals surface area contributed by atoms with Gasteiger partial charge < -0.3 is 10.1 Å². The molecule has 0 aliphatic heterocycles. The second kappa shape index (κ2) is 5.97. The van der Waals surface area contributed by atoms with Crippen LogP contribution in [0.5, 0.6) is 11.6 Å². The van der Waals surface area contributed by atoms with Crippen LogP contribution in [-0.4, -0.2) is 16.5 Å². The maximum atomic E-state index is 13.4. The smallest absolute Gasteiger partial charge is 0.226 e. The van der Waals surface area contributed by atoms with Gasteiger partial charge in [-0.1, -0.05) is 0 Å². The summed E-state index contributed by atoms with van der Waals surface area (Å²) in [6.07, 6.45) is 0. The highest BCUT2D eigenvalue weighted by Gasteiger charge is 2.06. The first-order chi connectivity index (χ1) is 9.08. The van der Waals surface area contributed by atoms with Crippen molar-refractivity contribution in [1.29, 1.82) is 0 Å². The zero-order valence-electron chi connectivity index (χ0n) is 10.6. The minimum atomic E-state index is -0.379. The van der Waals surface area contributed by atoms with Crippen molar-refractivity contribution in [3.8, 4) is 11.6 Å². The van der Waals surface area contributed by atoms with Gasteiger partial charge in [0.05, 0.1) is 4.47 Å². The lowest BCUT2D eigenvalue weighted by molar-refractivity contribution is 0.456. The number of ether oxygens (including phenoxy) is 1. The number of benzene rings is 1. The summed E-state index contributed by atoms with van der Waals surface area (Å²) >= 11 is 3.09. The van der Waals surface area contributed by atoms with E-state index >= 15 is 0 Å². The molecule has 0 radical (unpaired) electrons. The van der Waals surface area contributed by atoms with Crippen LogP contribution in [0.3, 0.4) is 0 Å². The molecular formula is C13H13BrFN3O. The third-order valence-electron chi connectivity index (χ3n) is 2.28. The van der Waals surface area contributed by atoms with E-state index in [1.54, 1.807) is 18.2 Å². The Bertz CT molecular complexity index is 592. The third-order valence-corrected chi connectivity index (χ3v) is 2.92. The summed E-state index contributed by atoms with van der Waals surface area (Å²) in [5.41, 5.74) is 0.776. The lowest BCUT2D eigenvalue weighted by Crippen LogP contribution is -2.04. The van der Waals surface area contributed by atoms with Crippen molar-refractivity contribution in [3.05, 3.63) is 40.2 Å². The molecular weight excluding hydrogens is 313 g/mol. The van der Waals surface area contributed by atoms with E-state index in [1.165, 1.54) is 6.07 Å². The number of hydrogen-bond donors (Lipinski definition) is 1. The number of nitrogens with one attached hydrogen (secondary N) is 1. The molecule has 0 bridgehead atoms. The molecule has 0 saturated carbocycles. The molecule has 19 heavy (non-hydrogen) atoms. The molecule has 0 amide bonds. The fraction of sp³-hybridized carbons (Fsp3) is 0.231. The van der Waals surface area contributed by atoms with Crippen LogP contribution in [-0.2, 0) is 0 Å². The Morgan fingerprint density at radius 1 is 1.32 bits per heavy atom. The molecule has 4 nitrogen and oxygen atoms in total. The van der Waals surface area contributed by atoms with Crippen LogP contribution in [0.25, 0.3) is 0 Å². The molecule has 0 saturated heterocycles. The van der Waals surface area contributed by atoms with Gasteiger partial charge in [0.1, 0.15) is 11.6 Å². The minimum absolute atomic E-state index is 0.379. The van der Waals surface area contributed by atoms with E-state index in [4.69, 9.17) is 4.74 Å². The first-order valence-electron chi connectivity index (χ1n) is 5.81. The van der Waals surface area contributed by atoms with Crippen LogP contribution in [0.2, 0.25) is 0 Å². The Balaban J connectivity index is 2.24. The van der Waals surface area contributed by atoms with Gasteiger partial charge in [-0.15, -0.1) is 0 Å². The number of aromatic nitrogens is 2. The SMILES string of the molecule is CCNc1nc(C)cc(Oc2ccc(Br)c(F)c2)n1. The second-order valence-corrected chi connectivity index (χ2v) is 4.73. The van der Waals surface area contributed by atoms with Crippen molar-refractivity contribution in [2.75, 3.05) is 11.9 Å². The van der Waals surface area contributed by atoms with E-state index in [-0.39, 0.29) is 5.82 Å². The van der Waals surface area contributed by atoms with Crippen LogP contribution in [0.4, 0.5) is 10.3 Å². The van der Waals surface area contributed by atoms with E-state index in [0.29, 0.717) is 22.1 Å². The molecule has 0 atom stereocenters. The van der Waals surface area contributed by atoms with Gasteiger partial charge in [-0.05, 0) is 41.9 Å². The highest BCUT2D eigenvalue weighted by molar-refractivity contribution is 9.10. The summed E-state index contributed by atoms with van der Waals surface area (Å²) in [7, 11) is 0. The Hall–Kier alpha value is -1.69. The summed E-state index contributed by atoms with van der Waals surface area (Å²) in [6, 6.07) is 6.25. The van der Waals surface area contributed by atoms with Crippen LogP contribution in [0.1, 0.15) is 12.6 Å². The lowest BCUT2D eigenvalue weighted by Gasteiger charge is -2.08. The van der Waals surface area contributed by atoms with Crippen molar-refractivity contribution in [3.63, 3.8) is 0 Å². The molecule has 1 heterocycles. The summed E-state index contributed by atoms with van der Waals surface area (Å²) in [5.74, 6) is 0.886. The van der Waals surface area contributed by atoms with Crippen molar-refractivity contribution < 1.29 is 9.13 Å². The van der Waals surface area contributed by atoms with Crippen LogP contribution in [0.15, 0.2) is 28.7 Å². The number of halogens is 2. The van der Waals surface area contributed by atoms with Gasteiger partial charge in [0.15, 0.2) is 0 Å². The van der Waals surface area contributed by atoms with Crippen LogP contribution in [0, 0.1) is 12.7 Å². The number of nitrogens with zero attached hydrogens (tertiary/aromatic N) is 2. The number of rotatable bonds is 4. The van der Waals surface area contributed by atoms with Gasteiger partial charge in [0.2, 0.25) is 11.8 Å². The van der Waals surface area contributed by atoms with E-state index in [9.17, 15) is 4.39 Å². The Morgan fingerprint density at radius 2 is 2.11 bits per heavy atom. The lowest BCUT2D eigenvalue weighted by atomic mass is 10.3. The van der Waals surface area contributed by atoms with Crippen LogP contribution >= 0.6 is 15.9 Å². The molecule has 6 heteroatoms. The third kappa shape index (κ3) is 3.64. The highest BCUT2D eigenvalue weighted by atomic mass is 79.9. The second-order valence-electron chi connectivity index (χ2n) is 3.88. The van der Waals surface area contributed by atoms with Crippen LogP contribution < -0.4 is 10.1 Å². The monoisotopic (exact) mass is 325 g/mol. The first kappa shape index (κ1) is 13.7. The summed E-state index contributed by atoms with van der Waals surface area (Å²) in [5, 5.41) is 3.01. The molecule has 0 unspecified atom stereocenters. The summed E-state index contributed by atoms with van der Waals surface area (Å²) < 4.78 is 19.3. The van der Waals surface area contributed by atoms with Gasteiger partial charge >= 0.3 is 0 Å². The number of anilines is 1. The van der Waals surface area contributed by atoms with Crippen molar-refractivity contribution in [2.45, 2.75) is 13.8 Å². The molecule has 1 aromatic carbocycles. The molecule has 100 valence electrons. The molecule has 2 aromatic rings. The normalized spacial score (nSPS) is 10.3.